The molecule has 1 saturated carbocycles. The van der Waals surface area contributed by atoms with Gasteiger partial charge in [0, 0.05) is 12.3 Å². The molecule has 1 N–H and O–H groups in total. The van der Waals surface area contributed by atoms with Gasteiger partial charge in [0.1, 0.15) is 20.2 Å². The Kier molecular flexibility index (Phi) is 15.6. The predicted molar refractivity (Wildman–Crippen MR) is 211 cm³/mol. The lowest BCUT2D eigenvalue weighted by atomic mass is 9.75. The average Bonchev–Trinajstić information content (AvgIpc) is 3.24. The van der Waals surface area contributed by atoms with Crippen LogP contribution in [0.15, 0.2) is 152 Å². The SMILES string of the molecule is O=C(OCc1ccccc1)[C@]1(O)C[C@@H](CP(=O)(OCc2ccccc2)OCc2ccccc2)[C@@H](OCOCc2ccccc2)[C@H](OCOCc2ccccc2)C1. The number of esters is 1. The molecule has 0 aliphatic heterocycles. The number of hydrogen-bond acceptors (Lipinski definition) is 10. The molecule has 1 fully saturated rings. The zero-order chi connectivity index (χ0) is 38.9. The molecule has 0 heterocycles. The second-order valence-electron chi connectivity index (χ2n) is 13.8. The van der Waals surface area contributed by atoms with Crippen LogP contribution in [0.4, 0.5) is 0 Å². The van der Waals surface area contributed by atoms with E-state index in [1.54, 1.807) is 0 Å². The van der Waals surface area contributed by atoms with Gasteiger partial charge in [0.05, 0.1) is 44.8 Å². The lowest BCUT2D eigenvalue weighted by Crippen LogP contribution is -2.56. The Bertz CT molecular complexity index is 1870. The number of carbonyl (C=O) groups excluding carboxylic acids is 1. The maximum atomic E-state index is 14.9. The molecule has 0 spiro atoms. The third-order valence-corrected chi connectivity index (χ3v) is 11.5. The van der Waals surface area contributed by atoms with Crippen LogP contribution in [-0.4, -0.2) is 48.6 Å². The third-order valence-electron chi connectivity index (χ3n) is 9.49. The highest BCUT2D eigenvalue weighted by Gasteiger charge is 2.53. The lowest BCUT2D eigenvalue weighted by molar-refractivity contribution is -0.226. The molecule has 0 aromatic heterocycles. The van der Waals surface area contributed by atoms with Crippen molar-refractivity contribution in [2.45, 2.75) is 63.7 Å². The molecule has 0 unspecified atom stereocenters. The molecule has 0 bridgehead atoms. The molecule has 0 saturated heterocycles. The van der Waals surface area contributed by atoms with Crippen LogP contribution in [-0.2, 0) is 75.1 Å². The van der Waals surface area contributed by atoms with Gasteiger partial charge in [0.25, 0.3) is 0 Å². The molecule has 0 amide bonds. The van der Waals surface area contributed by atoms with E-state index in [4.69, 9.17) is 32.7 Å². The Hall–Kier alpha value is -4.48. The number of benzene rings is 5. The first-order valence-electron chi connectivity index (χ1n) is 18.7. The fourth-order valence-corrected chi connectivity index (χ4v) is 8.52. The summed E-state index contributed by atoms with van der Waals surface area (Å²) >= 11 is 0. The first-order chi connectivity index (χ1) is 27.4. The standard InChI is InChI=1S/C45H49O10P/c46-44(51-30-38-20-10-3-11-21-38)45(47)26-41(33-56(48,54-31-39-22-12-4-13-23-39)55-32-40-24-14-5-15-25-40)43(53-35-50-29-37-18-8-2-9-19-37)42(27-45)52-34-49-28-36-16-6-1-7-17-36/h1-25,41-43,47H,26-35H2/t41-,42+,43+,45-/m0/s1. The Morgan fingerprint density at radius 2 is 0.946 bits per heavy atom. The fraction of sp³-hybridized carbons (Fsp3) is 0.311. The van der Waals surface area contributed by atoms with Crippen molar-refractivity contribution < 1.29 is 47.2 Å². The van der Waals surface area contributed by atoms with Crippen molar-refractivity contribution in [1.29, 1.82) is 0 Å². The van der Waals surface area contributed by atoms with Gasteiger partial charge in [-0.15, -0.1) is 0 Å². The number of rotatable bonds is 21. The van der Waals surface area contributed by atoms with E-state index in [0.717, 1.165) is 27.8 Å². The Morgan fingerprint density at radius 1 is 0.554 bits per heavy atom. The van der Waals surface area contributed by atoms with Crippen molar-refractivity contribution in [3.05, 3.63) is 179 Å². The van der Waals surface area contributed by atoms with E-state index in [-0.39, 0.29) is 59.0 Å². The van der Waals surface area contributed by atoms with Crippen LogP contribution in [0.1, 0.15) is 40.7 Å². The summed E-state index contributed by atoms with van der Waals surface area (Å²) in [5.74, 6) is -1.61. The molecule has 56 heavy (non-hydrogen) atoms. The van der Waals surface area contributed by atoms with Gasteiger partial charge in [-0.1, -0.05) is 152 Å². The van der Waals surface area contributed by atoms with Crippen molar-refractivity contribution in [3.63, 3.8) is 0 Å². The van der Waals surface area contributed by atoms with Gasteiger partial charge >= 0.3 is 13.6 Å². The van der Waals surface area contributed by atoms with E-state index in [0.29, 0.717) is 6.61 Å². The largest absolute Gasteiger partial charge is 0.459 e. The summed E-state index contributed by atoms with van der Waals surface area (Å²) in [5, 5.41) is 12.2. The van der Waals surface area contributed by atoms with Crippen molar-refractivity contribution in [1.82, 2.24) is 0 Å². The Labute approximate surface area is 328 Å². The summed E-state index contributed by atoms with van der Waals surface area (Å²) in [6, 6.07) is 47.3. The number of ether oxygens (including phenoxy) is 5. The van der Waals surface area contributed by atoms with Gasteiger partial charge in [-0.05, 0) is 34.2 Å². The molecule has 0 radical (unpaired) electrons. The fourth-order valence-electron chi connectivity index (χ4n) is 6.63. The molecule has 11 heteroatoms. The maximum Gasteiger partial charge on any atom is 0.338 e. The monoisotopic (exact) mass is 780 g/mol. The molecule has 1 aliphatic rings. The molecule has 5 aromatic rings. The van der Waals surface area contributed by atoms with Crippen LogP contribution in [0.5, 0.6) is 0 Å². The molecular formula is C45H49O10P. The van der Waals surface area contributed by atoms with E-state index in [2.05, 4.69) is 0 Å². The van der Waals surface area contributed by atoms with Crippen molar-refractivity contribution in [2.24, 2.45) is 5.92 Å². The second kappa shape index (κ2) is 21.2. The van der Waals surface area contributed by atoms with E-state index < -0.39 is 37.3 Å². The molecule has 6 rings (SSSR count). The smallest absolute Gasteiger partial charge is 0.338 e. The quantitative estimate of drug-likeness (QED) is 0.0336. The molecular weight excluding hydrogens is 731 g/mol. The highest BCUT2D eigenvalue weighted by molar-refractivity contribution is 7.53. The highest BCUT2D eigenvalue weighted by Crippen LogP contribution is 2.54. The molecule has 294 valence electrons. The minimum absolute atomic E-state index is 0.0159. The summed E-state index contributed by atoms with van der Waals surface area (Å²) in [5.41, 5.74) is 2.26. The first kappa shape index (κ1) is 41.2. The van der Waals surface area contributed by atoms with Crippen molar-refractivity contribution >= 4 is 13.6 Å². The minimum atomic E-state index is -3.96. The highest BCUT2D eigenvalue weighted by atomic mass is 31.2. The number of carbonyl (C=O) groups is 1. The van der Waals surface area contributed by atoms with Crippen molar-refractivity contribution in [2.75, 3.05) is 19.7 Å². The Morgan fingerprint density at radius 3 is 1.39 bits per heavy atom. The minimum Gasteiger partial charge on any atom is -0.459 e. The van der Waals surface area contributed by atoms with E-state index in [1.165, 1.54) is 0 Å². The molecule has 4 atom stereocenters. The summed E-state index contributed by atoms with van der Waals surface area (Å²) in [6.07, 6.45) is -2.26. The summed E-state index contributed by atoms with van der Waals surface area (Å²) in [6.45, 7) is 0.255. The Balaban J connectivity index is 1.26. The van der Waals surface area contributed by atoms with Gasteiger partial charge in [0.15, 0.2) is 5.60 Å². The van der Waals surface area contributed by atoms with E-state index in [1.807, 2.05) is 152 Å². The third kappa shape index (κ3) is 12.8. The average molecular weight is 781 g/mol. The van der Waals surface area contributed by atoms with Gasteiger partial charge in [0.2, 0.25) is 0 Å². The van der Waals surface area contributed by atoms with Crippen LogP contribution < -0.4 is 0 Å². The maximum absolute atomic E-state index is 14.9. The predicted octanol–water partition coefficient (Wildman–Crippen LogP) is 8.62. The zero-order valence-corrected chi connectivity index (χ0v) is 32.2. The van der Waals surface area contributed by atoms with Gasteiger partial charge < -0.3 is 37.8 Å². The first-order valence-corrected chi connectivity index (χ1v) is 20.5. The number of hydrogen-bond donors (Lipinski definition) is 1. The molecule has 10 nitrogen and oxygen atoms in total. The van der Waals surface area contributed by atoms with Crippen LogP contribution in [0.2, 0.25) is 0 Å². The number of aliphatic hydroxyl groups is 1. The van der Waals surface area contributed by atoms with Crippen LogP contribution >= 0.6 is 7.60 Å². The normalized spacial score (nSPS) is 19.7. The second-order valence-corrected chi connectivity index (χ2v) is 15.9. The summed E-state index contributed by atoms with van der Waals surface area (Å²) in [7, 11) is -3.96. The van der Waals surface area contributed by atoms with Crippen LogP contribution in [0, 0.1) is 5.92 Å². The van der Waals surface area contributed by atoms with Gasteiger partial charge in [-0.25, -0.2) is 4.79 Å². The lowest BCUT2D eigenvalue weighted by Gasteiger charge is -2.44. The topological polar surface area (TPSA) is 119 Å². The van der Waals surface area contributed by atoms with Crippen LogP contribution in [0.25, 0.3) is 0 Å². The van der Waals surface area contributed by atoms with Crippen molar-refractivity contribution in [3.8, 4) is 0 Å². The zero-order valence-electron chi connectivity index (χ0n) is 31.3. The van der Waals surface area contributed by atoms with Gasteiger partial charge in [-0.3, -0.25) is 4.57 Å². The summed E-state index contributed by atoms with van der Waals surface area (Å²) in [4.78, 5) is 13.9. The van der Waals surface area contributed by atoms with Crippen LogP contribution in [0.3, 0.4) is 0 Å². The van der Waals surface area contributed by atoms with Gasteiger partial charge in [-0.2, -0.15) is 0 Å². The summed E-state index contributed by atoms with van der Waals surface area (Å²) < 4.78 is 57.5. The molecule has 1 aliphatic carbocycles. The molecule has 5 aromatic carbocycles. The van der Waals surface area contributed by atoms with E-state index >= 15 is 0 Å². The van der Waals surface area contributed by atoms with E-state index in [9.17, 15) is 14.5 Å².